The minimum atomic E-state index is -0.656. The highest BCUT2D eigenvalue weighted by Crippen LogP contribution is 2.12. The van der Waals surface area contributed by atoms with Crippen LogP contribution in [0.1, 0.15) is 21.8 Å². The van der Waals surface area contributed by atoms with E-state index in [1.54, 1.807) is 5.38 Å². The minimum absolute atomic E-state index is 0.0589. The molecule has 166 valence electrons. The Labute approximate surface area is 187 Å². The van der Waals surface area contributed by atoms with Crippen molar-refractivity contribution in [3.63, 3.8) is 0 Å². The van der Waals surface area contributed by atoms with E-state index in [-0.39, 0.29) is 24.5 Å². The maximum Gasteiger partial charge on any atom is 0.331 e. The Morgan fingerprint density at radius 1 is 1.19 bits per heavy atom. The van der Waals surface area contributed by atoms with Crippen molar-refractivity contribution in [1.29, 1.82) is 0 Å². The maximum atomic E-state index is 12.1. The lowest BCUT2D eigenvalue weighted by molar-refractivity contribution is -0.139. The van der Waals surface area contributed by atoms with Crippen molar-refractivity contribution in [2.24, 2.45) is 14.1 Å². The summed E-state index contributed by atoms with van der Waals surface area (Å²) in [6.45, 7) is 0.386. The average molecular weight is 455 g/mol. The Balaban J connectivity index is 1.49. The first kappa shape index (κ1) is 22.9. The number of ether oxygens (including phenoxy) is 1. The molecule has 10 heteroatoms. The molecular weight excluding hydrogens is 432 g/mol. The zero-order chi connectivity index (χ0) is 23.1. The van der Waals surface area contributed by atoms with Gasteiger partial charge in [-0.25, -0.2) is 14.6 Å². The molecule has 32 heavy (non-hydrogen) atoms. The molecule has 1 amide bonds. The Morgan fingerprint density at radius 2 is 1.94 bits per heavy atom. The molecule has 0 radical (unpaired) electrons. The molecule has 1 aromatic carbocycles. The molecule has 0 saturated heterocycles. The lowest BCUT2D eigenvalue weighted by Crippen LogP contribution is -2.37. The number of aryl methyl sites for hydroxylation is 1. The van der Waals surface area contributed by atoms with Crippen LogP contribution in [0.15, 0.2) is 57.6 Å². The van der Waals surface area contributed by atoms with E-state index < -0.39 is 17.2 Å². The van der Waals surface area contributed by atoms with E-state index in [0.717, 1.165) is 16.2 Å². The predicted molar refractivity (Wildman–Crippen MR) is 120 cm³/mol. The van der Waals surface area contributed by atoms with Gasteiger partial charge in [-0.15, -0.1) is 11.3 Å². The summed E-state index contributed by atoms with van der Waals surface area (Å²) in [6.07, 6.45) is 3.91. The second-order valence-electron chi connectivity index (χ2n) is 6.95. The Bertz CT molecular complexity index is 1260. The molecule has 0 unspecified atom stereocenters. The van der Waals surface area contributed by atoms with Gasteiger partial charge in [0.15, 0.2) is 0 Å². The smallest absolute Gasteiger partial charge is 0.331 e. The summed E-state index contributed by atoms with van der Waals surface area (Å²) in [6, 6.07) is 9.60. The SMILES string of the molecule is Cn1cc(/C=C/C(=O)OCc2csc(CC(=O)NCc3ccccc3)n2)c(=O)n(C)c1=O. The fourth-order valence-electron chi connectivity index (χ4n) is 2.79. The first-order valence-corrected chi connectivity index (χ1v) is 10.6. The van der Waals surface area contributed by atoms with Gasteiger partial charge < -0.3 is 14.6 Å². The van der Waals surface area contributed by atoms with Gasteiger partial charge in [-0.2, -0.15) is 0 Å². The van der Waals surface area contributed by atoms with E-state index in [1.165, 1.54) is 42.3 Å². The quantitative estimate of drug-likeness (QED) is 0.404. The van der Waals surface area contributed by atoms with Crippen LogP contribution in [0.3, 0.4) is 0 Å². The first-order valence-electron chi connectivity index (χ1n) is 9.69. The van der Waals surface area contributed by atoms with Gasteiger partial charge >= 0.3 is 11.7 Å². The lowest BCUT2D eigenvalue weighted by atomic mass is 10.2. The third-order valence-corrected chi connectivity index (χ3v) is 5.38. The molecule has 0 aliphatic carbocycles. The summed E-state index contributed by atoms with van der Waals surface area (Å²) in [4.78, 5) is 52.1. The molecule has 2 aromatic heterocycles. The predicted octanol–water partition coefficient (Wildman–Crippen LogP) is 1.16. The second-order valence-corrected chi connectivity index (χ2v) is 7.90. The van der Waals surface area contributed by atoms with Crippen LogP contribution >= 0.6 is 11.3 Å². The molecule has 1 N–H and O–H groups in total. The van der Waals surface area contributed by atoms with Crippen LogP contribution in [0.5, 0.6) is 0 Å². The van der Waals surface area contributed by atoms with Gasteiger partial charge in [0.2, 0.25) is 5.91 Å². The van der Waals surface area contributed by atoms with Crippen LogP contribution in [-0.2, 0) is 48.0 Å². The van der Waals surface area contributed by atoms with Gasteiger partial charge in [0.25, 0.3) is 5.56 Å². The molecular formula is C22H22N4O5S. The normalized spacial score (nSPS) is 10.9. The monoisotopic (exact) mass is 454 g/mol. The van der Waals surface area contributed by atoms with Gasteiger partial charge in [0, 0.05) is 38.3 Å². The third kappa shape index (κ3) is 6.11. The first-order chi connectivity index (χ1) is 15.3. The van der Waals surface area contributed by atoms with Crippen LogP contribution in [0.2, 0.25) is 0 Å². The van der Waals surface area contributed by atoms with Gasteiger partial charge in [-0.1, -0.05) is 30.3 Å². The molecule has 0 aliphatic heterocycles. The molecule has 3 rings (SSSR count). The molecule has 3 aromatic rings. The second kappa shape index (κ2) is 10.5. The number of nitrogens with zero attached hydrogens (tertiary/aromatic N) is 3. The Hall–Kier alpha value is -3.79. The number of rotatable bonds is 8. The average Bonchev–Trinajstić information content (AvgIpc) is 3.24. The molecule has 0 spiro atoms. The standard InChI is InChI=1S/C22H22N4O5S/c1-25-12-16(21(29)26(2)22(25)30)8-9-20(28)31-13-17-14-32-19(24-17)10-18(27)23-11-15-6-4-3-5-7-15/h3-9,12,14H,10-11,13H2,1-2H3,(H,23,27)/b9-8+. The van der Waals surface area contributed by atoms with Gasteiger partial charge in [-0.3, -0.25) is 14.2 Å². The van der Waals surface area contributed by atoms with E-state index in [4.69, 9.17) is 4.74 Å². The number of aromatic nitrogens is 3. The summed E-state index contributed by atoms with van der Waals surface area (Å²) in [5.41, 5.74) is 0.760. The molecule has 0 aliphatic rings. The molecule has 0 saturated carbocycles. The zero-order valence-corrected chi connectivity index (χ0v) is 18.4. The number of esters is 1. The zero-order valence-electron chi connectivity index (χ0n) is 17.6. The highest BCUT2D eigenvalue weighted by Gasteiger charge is 2.10. The Kier molecular flexibility index (Phi) is 7.50. The maximum absolute atomic E-state index is 12.1. The molecule has 2 heterocycles. The number of nitrogens with one attached hydrogen (secondary N) is 1. The largest absolute Gasteiger partial charge is 0.456 e. The molecule has 9 nitrogen and oxygen atoms in total. The number of carbonyl (C=O) groups is 2. The highest BCUT2D eigenvalue weighted by atomic mass is 32.1. The van der Waals surface area contributed by atoms with Crippen LogP contribution in [0.25, 0.3) is 6.08 Å². The van der Waals surface area contributed by atoms with Crippen LogP contribution in [-0.4, -0.2) is 26.0 Å². The van der Waals surface area contributed by atoms with Crippen LogP contribution < -0.4 is 16.6 Å². The van der Waals surface area contributed by atoms with Crippen molar-refractivity contribution >= 4 is 29.3 Å². The summed E-state index contributed by atoms with van der Waals surface area (Å²) in [7, 11) is 2.88. The van der Waals surface area contributed by atoms with Crippen LogP contribution in [0.4, 0.5) is 0 Å². The van der Waals surface area contributed by atoms with E-state index in [1.807, 2.05) is 30.3 Å². The van der Waals surface area contributed by atoms with Crippen molar-refractivity contribution in [3.05, 3.63) is 90.7 Å². The van der Waals surface area contributed by atoms with Crippen molar-refractivity contribution in [3.8, 4) is 0 Å². The van der Waals surface area contributed by atoms with Crippen molar-refractivity contribution < 1.29 is 14.3 Å². The lowest BCUT2D eigenvalue weighted by Gasteiger charge is -2.04. The van der Waals surface area contributed by atoms with Crippen LogP contribution in [0, 0.1) is 0 Å². The fourth-order valence-corrected chi connectivity index (χ4v) is 3.57. The van der Waals surface area contributed by atoms with E-state index >= 15 is 0 Å². The molecule has 0 bridgehead atoms. The summed E-state index contributed by atoms with van der Waals surface area (Å²) >= 11 is 1.31. The number of amides is 1. The fraction of sp³-hybridized carbons (Fsp3) is 0.227. The van der Waals surface area contributed by atoms with E-state index in [9.17, 15) is 19.2 Å². The summed E-state index contributed by atoms with van der Waals surface area (Å²) in [5.74, 6) is -0.801. The van der Waals surface area contributed by atoms with E-state index in [0.29, 0.717) is 17.2 Å². The third-order valence-electron chi connectivity index (χ3n) is 4.48. The number of benzene rings is 1. The summed E-state index contributed by atoms with van der Waals surface area (Å²) in [5, 5.41) is 5.18. The molecule has 0 fully saturated rings. The number of thiazole rings is 1. The van der Waals surface area contributed by atoms with Crippen molar-refractivity contribution in [1.82, 2.24) is 19.4 Å². The Morgan fingerprint density at radius 3 is 2.69 bits per heavy atom. The minimum Gasteiger partial charge on any atom is -0.456 e. The van der Waals surface area contributed by atoms with E-state index in [2.05, 4.69) is 10.3 Å². The molecule has 0 atom stereocenters. The number of hydrogen-bond acceptors (Lipinski definition) is 7. The number of carbonyl (C=O) groups excluding carboxylic acids is 2. The highest BCUT2D eigenvalue weighted by molar-refractivity contribution is 7.09. The van der Waals surface area contributed by atoms with Gasteiger partial charge in [-0.05, 0) is 11.6 Å². The van der Waals surface area contributed by atoms with Gasteiger partial charge in [0.05, 0.1) is 17.7 Å². The van der Waals surface area contributed by atoms with Gasteiger partial charge in [0.1, 0.15) is 11.6 Å². The number of hydrogen-bond donors (Lipinski definition) is 1. The summed E-state index contributed by atoms with van der Waals surface area (Å²) < 4.78 is 7.34. The van der Waals surface area contributed by atoms with Crippen molar-refractivity contribution in [2.45, 2.75) is 19.6 Å². The van der Waals surface area contributed by atoms with Crippen molar-refractivity contribution in [2.75, 3.05) is 0 Å². The topological polar surface area (TPSA) is 112 Å².